The SMILES string of the molecule is Fc1c(F)c(F)[c]([Bi]([c]2c(F)c(F)c(F)c(F)c2F)[c]2c(F)c(F)c(F)c(F)c2F)c(F)c1F. The Morgan fingerprint density at radius 3 is 0.471 bits per heavy atom. The molecule has 34 heavy (non-hydrogen) atoms. The monoisotopic (exact) mass is 710 g/mol. The standard InChI is InChI=1S/3C6F5.Bi/c3*7-2-1-3(8)5(10)6(11)4(2)9;. The molecular weight excluding hydrogens is 710 g/mol. The van der Waals surface area contributed by atoms with E-state index in [1.54, 1.807) is 0 Å². The molecule has 0 saturated carbocycles. The molecule has 182 valence electrons. The Kier molecular flexibility index (Phi) is 6.86. The van der Waals surface area contributed by atoms with Gasteiger partial charge in [0.2, 0.25) is 0 Å². The first-order valence-corrected chi connectivity index (χ1v) is 13.2. The van der Waals surface area contributed by atoms with E-state index in [9.17, 15) is 65.9 Å². The molecule has 0 N–H and O–H groups in total. The van der Waals surface area contributed by atoms with Crippen molar-refractivity contribution in [2.24, 2.45) is 0 Å². The summed E-state index contributed by atoms with van der Waals surface area (Å²) < 4.78 is 202. The number of rotatable bonds is 3. The predicted molar refractivity (Wildman–Crippen MR) is 83.4 cm³/mol. The molecular formula is C18BiF15. The second-order valence-corrected chi connectivity index (χ2v) is 13.9. The van der Waals surface area contributed by atoms with E-state index in [1.807, 2.05) is 0 Å². The van der Waals surface area contributed by atoms with Gasteiger partial charge in [0.05, 0.1) is 0 Å². The number of hydrogen-bond acceptors (Lipinski definition) is 0. The van der Waals surface area contributed by atoms with Crippen LogP contribution in [0, 0.1) is 87.3 Å². The van der Waals surface area contributed by atoms with E-state index >= 15 is 0 Å². The van der Waals surface area contributed by atoms with Crippen molar-refractivity contribution in [2.45, 2.75) is 0 Å². The molecule has 0 aliphatic heterocycles. The summed E-state index contributed by atoms with van der Waals surface area (Å²) in [6, 6.07) is 0. The fraction of sp³-hybridized carbons (Fsp3) is 0. The van der Waals surface area contributed by atoms with Gasteiger partial charge in [0.15, 0.2) is 0 Å². The summed E-state index contributed by atoms with van der Waals surface area (Å²) in [5.41, 5.74) is 0. The van der Waals surface area contributed by atoms with Gasteiger partial charge in [-0.25, -0.2) is 0 Å². The topological polar surface area (TPSA) is 0 Å². The zero-order valence-electron chi connectivity index (χ0n) is 15.1. The number of hydrogen-bond donors (Lipinski definition) is 0. The van der Waals surface area contributed by atoms with Crippen molar-refractivity contribution in [1.29, 1.82) is 0 Å². The molecule has 0 saturated heterocycles. The molecule has 0 unspecified atom stereocenters. The Balaban J connectivity index is 2.68. The van der Waals surface area contributed by atoms with Crippen molar-refractivity contribution >= 4 is 31.6 Å². The molecule has 3 rings (SSSR count). The Labute approximate surface area is 184 Å². The van der Waals surface area contributed by atoms with Crippen LogP contribution < -0.4 is 9.81 Å². The van der Waals surface area contributed by atoms with Crippen LogP contribution in [0.4, 0.5) is 65.9 Å². The normalized spacial score (nSPS) is 11.6. The van der Waals surface area contributed by atoms with E-state index in [2.05, 4.69) is 0 Å². The van der Waals surface area contributed by atoms with E-state index in [4.69, 9.17) is 0 Å². The van der Waals surface area contributed by atoms with Gasteiger partial charge in [-0.3, -0.25) is 0 Å². The van der Waals surface area contributed by atoms with Crippen molar-refractivity contribution in [3.8, 4) is 0 Å². The Bertz CT molecular complexity index is 1110. The second kappa shape index (κ2) is 8.93. The molecule has 0 radical (unpaired) electrons. The summed E-state index contributed by atoms with van der Waals surface area (Å²) >= 11 is -6.90. The quantitative estimate of drug-likeness (QED) is 0.165. The molecule has 16 heteroatoms. The molecule has 0 atom stereocenters. The van der Waals surface area contributed by atoms with Gasteiger partial charge < -0.3 is 0 Å². The van der Waals surface area contributed by atoms with E-state index < -0.39 is 119 Å². The molecule has 3 aromatic rings. The van der Waals surface area contributed by atoms with Gasteiger partial charge in [-0.05, 0) is 0 Å². The van der Waals surface area contributed by atoms with Crippen molar-refractivity contribution in [1.82, 2.24) is 0 Å². The average molecular weight is 710 g/mol. The number of halogens is 15. The van der Waals surface area contributed by atoms with Gasteiger partial charge in [-0.1, -0.05) is 0 Å². The molecule has 0 aliphatic rings. The molecule has 0 aromatic heterocycles. The minimum atomic E-state index is -6.90. The van der Waals surface area contributed by atoms with Crippen LogP contribution in [0.5, 0.6) is 0 Å². The average Bonchev–Trinajstić information content (AvgIpc) is 2.81. The first-order valence-electron chi connectivity index (χ1n) is 8.01. The molecule has 3 aromatic carbocycles. The van der Waals surface area contributed by atoms with Crippen LogP contribution >= 0.6 is 0 Å². The first kappa shape index (κ1) is 26.1. The molecule has 0 nitrogen and oxygen atoms in total. The molecule has 0 bridgehead atoms. The molecule has 0 aliphatic carbocycles. The Morgan fingerprint density at radius 1 is 0.206 bits per heavy atom. The predicted octanol–water partition coefficient (Wildman–Crippen LogP) is 4.29. The summed E-state index contributed by atoms with van der Waals surface area (Å²) in [6.07, 6.45) is 0. The van der Waals surface area contributed by atoms with Crippen LogP contribution in [0.3, 0.4) is 0 Å². The van der Waals surface area contributed by atoms with Crippen molar-refractivity contribution in [3.63, 3.8) is 0 Å². The molecule has 0 fully saturated rings. The van der Waals surface area contributed by atoms with E-state index in [-0.39, 0.29) is 0 Å². The summed E-state index contributed by atoms with van der Waals surface area (Å²) in [5.74, 6) is -44.3. The summed E-state index contributed by atoms with van der Waals surface area (Å²) in [6.45, 7) is 0. The van der Waals surface area contributed by atoms with Gasteiger partial charge in [0, 0.05) is 0 Å². The summed E-state index contributed by atoms with van der Waals surface area (Å²) in [4.78, 5) is 0. The van der Waals surface area contributed by atoms with Gasteiger partial charge in [0.1, 0.15) is 0 Å². The number of benzene rings is 3. The van der Waals surface area contributed by atoms with Crippen LogP contribution in [0.1, 0.15) is 0 Å². The first-order chi connectivity index (χ1) is 15.7. The van der Waals surface area contributed by atoms with E-state index in [0.717, 1.165) is 0 Å². The maximum atomic E-state index is 14.4. The van der Waals surface area contributed by atoms with Crippen LogP contribution in [-0.4, -0.2) is 21.8 Å². The second-order valence-electron chi connectivity index (χ2n) is 6.09. The Hall–Kier alpha value is -2.51. The van der Waals surface area contributed by atoms with Gasteiger partial charge >= 0.3 is 185 Å². The van der Waals surface area contributed by atoms with Gasteiger partial charge in [-0.15, -0.1) is 0 Å². The third-order valence-electron chi connectivity index (χ3n) is 4.23. The fourth-order valence-corrected chi connectivity index (χ4v) is 12.2. The van der Waals surface area contributed by atoms with Gasteiger partial charge in [-0.2, -0.15) is 0 Å². The Morgan fingerprint density at radius 2 is 0.324 bits per heavy atom. The summed E-state index contributed by atoms with van der Waals surface area (Å²) in [7, 11) is 0. The van der Waals surface area contributed by atoms with Crippen molar-refractivity contribution in [2.75, 3.05) is 0 Å². The van der Waals surface area contributed by atoms with Crippen LogP contribution in [0.25, 0.3) is 0 Å². The molecule has 0 spiro atoms. The maximum absolute atomic E-state index is 14.4. The van der Waals surface area contributed by atoms with Crippen LogP contribution in [0.15, 0.2) is 0 Å². The van der Waals surface area contributed by atoms with Crippen LogP contribution in [-0.2, 0) is 0 Å². The third-order valence-corrected chi connectivity index (χ3v) is 14.0. The van der Waals surface area contributed by atoms with Crippen LogP contribution in [0.2, 0.25) is 0 Å². The van der Waals surface area contributed by atoms with Crippen molar-refractivity contribution in [3.05, 3.63) is 87.3 Å². The minimum absolute atomic E-state index is 2.47. The van der Waals surface area contributed by atoms with E-state index in [1.165, 1.54) is 0 Å². The van der Waals surface area contributed by atoms with Gasteiger partial charge in [0.25, 0.3) is 0 Å². The third kappa shape index (κ3) is 3.61. The zero-order chi connectivity index (χ0) is 26.0. The van der Waals surface area contributed by atoms with Crippen molar-refractivity contribution < 1.29 is 65.9 Å². The zero-order valence-corrected chi connectivity index (χ0v) is 18.6. The molecule has 0 heterocycles. The summed E-state index contributed by atoms with van der Waals surface area (Å²) in [5, 5.41) is 0. The molecule has 0 amide bonds. The fourth-order valence-electron chi connectivity index (χ4n) is 2.70. The van der Waals surface area contributed by atoms with E-state index in [0.29, 0.717) is 0 Å².